The summed E-state index contributed by atoms with van der Waals surface area (Å²) in [6, 6.07) is 7.36. The Balaban J connectivity index is 1.59. The van der Waals surface area contributed by atoms with E-state index in [9.17, 15) is 4.79 Å². The monoisotopic (exact) mass is 231 g/mol. The van der Waals surface area contributed by atoms with E-state index >= 15 is 0 Å². The minimum atomic E-state index is 0.0419. The normalized spacial score (nSPS) is 29.8. The molecule has 1 amide bonds. The van der Waals surface area contributed by atoms with Crippen molar-refractivity contribution >= 4 is 11.6 Å². The number of carbonyl (C=O) groups excluding carboxylic acids is 1. The van der Waals surface area contributed by atoms with Crippen molar-refractivity contribution in [3.8, 4) is 0 Å². The number of carbonyl (C=O) groups is 1. The van der Waals surface area contributed by atoms with Gasteiger partial charge < -0.3 is 10.4 Å². The number of rotatable bonds is 3. The van der Waals surface area contributed by atoms with Crippen molar-refractivity contribution in [1.82, 2.24) is 0 Å². The van der Waals surface area contributed by atoms with Crippen LogP contribution in [-0.4, -0.2) is 11.0 Å². The average molecular weight is 231 g/mol. The summed E-state index contributed by atoms with van der Waals surface area (Å²) in [5.41, 5.74) is 1.69. The van der Waals surface area contributed by atoms with Crippen molar-refractivity contribution in [2.24, 2.45) is 17.8 Å². The number of benzene rings is 1. The van der Waals surface area contributed by atoms with Gasteiger partial charge in [0.2, 0.25) is 5.91 Å². The van der Waals surface area contributed by atoms with Crippen LogP contribution < -0.4 is 5.32 Å². The predicted molar refractivity (Wildman–Crippen MR) is 65.3 cm³/mol. The van der Waals surface area contributed by atoms with Crippen LogP contribution in [0.3, 0.4) is 0 Å². The predicted octanol–water partition coefficient (Wildman–Crippen LogP) is 2.16. The molecule has 0 aromatic heterocycles. The molecule has 90 valence electrons. The van der Waals surface area contributed by atoms with Crippen molar-refractivity contribution in [2.45, 2.75) is 25.9 Å². The average Bonchev–Trinajstić information content (AvgIpc) is 2.97. The molecule has 2 aliphatic rings. The second kappa shape index (κ2) is 4.15. The third-order valence-corrected chi connectivity index (χ3v) is 4.02. The van der Waals surface area contributed by atoms with Crippen LogP contribution >= 0.6 is 0 Å². The van der Waals surface area contributed by atoms with E-state index in [4.69, 9.17) is 5.11 Å². The Bertz CT molecular complexity index is 416. The molecule has 3 rings (SSSR count). The van der Waals surface area contributed by atoms with Crippen LogP contribution in [0.2, 0.25) is 0 Å². The number of hydrogen-bond donors (Lipinski definition) is 2. The maximum Gasteiger partial charge on any atom is 0.227 e. The summed E-state index contributed by atoms with van der Waals surface area (Å²) in [5.74, 6) is 2.05. The highest BCUT2D eigenvalue weighted by atomic mass is 16.3. The molecule has 3 nitrogen and oxygen atoms in total. The van der Waals surface area contributed by atoms with Crippen molar-refractivity contribution in [1.29, 1.82) is 0 Å². The summed E-state index contributed by atoms with van der Waals surface area (Å²) >= 11 is 0. The van der Waals surface area contributed by atoms with Crippen molar-refractivity contribution in [3.63, 3.8) is 0 Å². The quantitative estimate of drug-likeness (QED) is 0.837. The molecule has 0 radical (unpaired) electrons. The summed E-state index contributed by atoms with van der Waals surface area (Å²) in [4.78, 5) is 12.0. The number of aliphatic hydroxyl groups excluding tert-OH is 1. The molecule has 2 saturated carbocycles. The Hall–Kier alpha value is -1.35. The molecule has 3 heteroatoms. The molecule has 1 aromatic rings. The van der Waals surface area contributed by atoms with E-state index in [0.29, 0.717) is 0 Å². The van der Waals surface area contributed by atoms with Gasteiger partial charge in [-0.3, -0.25) is 4.79 Å². The fourth-order valence-electron chi connectivity index (χ4n) is 2.87. The minimum absolute atomic E-state index is 0.0419. The first-order chi connectivity index (χ1) is 8.26. The maximum atomic E-state index is 12.0. The second-order valence-electron chi connectivity index (χ2n) is 5.27. The molecule has 1 aromatic carbocycles. The lowest BCUT2D eigenvalue weighted by Crippen LogP contribution is -2.21. The molecule has 2 atom stereocenters. The molecule has 0 aliphatic heterocycles. The fraction of sp³-hybridized carbons (Fsp3) is 0.500. The lowest BCUT2D eigenvalue weighted by molar-refractivity contribution is -0.120. The van der Waals surface area contributed by atoms with Crippen LogP contribution in [0.5, 0.6) is 0 Å². The molecule has 2 unspecified atom stereocenters. The van der Waals surface area contributed by atoms with Crippen molar-refractivity contribution in [3.05, 3.63) is 29.8 Å². The van der Waals surface area contributed by atoms with E-state index in [0.717, 1.165) is 35.9 Å². The number of fused-ring (bicyclic) bond motifs is 1. The van der Waals surface area contributed by atoms with E-state index in [-0.39, 0.29) is 18.4 Å². The Morgan fingerprint density at radius 1 is 1.18 bits per heavy atom. The van der Waals surface area contributed by atoms with Crippen LogP contribution in [0.4, 0.5) is 5.69 Å². The number of nitrogens with one attached hydrogen (secondary N) is 1. The van der Waals surface area contributed by atoms with Crippen molar-refractivity contribution in [2.75, 3.05) is 5.32 Å². The van der Waals surface area contributed by atoms with Gasteiger partial charge in [-0.1, -0.05) is 12.1 Å². The van der Waals surface area contributed by atoms with Crippen molar-refractivity contribution < 1.29 is 9.90 Å². The first kappa shape index (κ1) is 10.8. The summed E-state index contributed by atoms with van der Waals surface area (Å²) in [6.07, 6.45) is 3.49. The number of hydrogen-bond acceptors (Lipinski definition) is 2. The molecule has 0 bridgehead atoms. The highest BCUT2D eigenvalue weighted by Crippen LogP contribution is 2.54. The minimum Gasteiger partial charge on any atom is -0.392 e. The van der Waals surface area contributed by atoms with E-state index in [1.165, 1.54) is 6.42 Å². The largest absolute Gasteiger partial charge is 0.392 e. The van der Waals surface area contributed by atoms with Gasteiger partial charge in [-0.05, 0) is 48.8 Å². The van der Waals surface area contributed by atoms with Gasteiger partial charge in [0.05, 0.1) is 6.61 Å². The summed E-state index contributed by atoms with van der Waals surface area (Å²) in [5, 5.41) is 11.9. The van der Waals surface area contributed by atoms with Crippen LogP contribution in [0.25, 0.3) is 0 Å². The fourth-order valence-corrected chi connectivity index (χ4v) is 2.87. The van der Waals surface area contributed by atoms with Crippen LogP contribution in [0.1, 0.15) is 24.8 Å². The van der Waals surface area contributed by atoms with E-state index in [1.807, 2.05) is 24.3 Å². The zero-order chi connectivity index (χ0) is 11.8. The van der Waals surface area contributed by atoms with Gasteiger partial charge in [0.15, 0.2) is 0 Å². The molecular formula is C14H17NO2. The Morgan fingerprint density at radius 2 is 1.82 bits per heavy atom. The molecule has 17 heavy (non-hydrogen) atoms. The van der Waals surface area contributed by atoms with E-state index in [1.54, 1.807) is 0 Å². The zero-order valence-electron chi connectivity index (χ0n) is 9.73. The molecule has 2 N–H and O–H groups in total. The maximum absolute atomic E-state index is 12.0. The lowest BCUT2D eigenvalue weighted by atomic mass is 10.0. The Labute approximate surface area is 101 Å². The number of anilines is 1. The Morgan fingerprint density at radius 3 is 2.41 bits per heavy atom. The molecular weight excluding hydrogens is 214 g/mol. The Kier molecular flexibility index (Phi) is 2.63. The number of amides is 1. The summed E-state index contributed by atoms with van der Waals surface area (Å²) in [6.45, 7) is 0.0419. The molecule has 0 spiro atoms. The molecule has 2 fully saturated rings. The van der Waals surface area contributed by atoms with Crippen LogP contribution in [0, 0.1) is 17.8 Å². The van der Waals surface area contributed by atoms with Gasteiger partial charge in [0, 0.05) is 11.6 Å². The highest BCUT2D eigenvalue weighted by Gasteiger charge is 2.47. The third-order valence-electron chi connectivity index (χ3n) is 4.02. The zero-order valence-corrected chi connectivity index (χ0v) is 9.73. The van der Waals surface area contributed by atoms with Crippen LogP contribution in [-0.2, 0) is 11.4 Å². The van der Waals surface area contributed by atoms with Gasteiger partial charge in [0.25, 0.3) is 0 Å². The first-order valence-corrected chi connectivity index (χ1v) is 6.27. The van der Waals surface area contributed by atoms with Gasteiger partial charge >= 0.3 is 0 Å². The molecule has 0 heterocycles. The van der Waals surface area contributed by atoms with Gasteiger partial charge in [-0.25, -0.2) is 0 Å². The van der Waals surface area contributed by atoms with Gasteiger partial charge in [-0.15, -0.1) is 0 Å². The molecule has 2 aliphatic carbocycles. The number of aliphatic hydroxyl groups is 1. The molecule has 0 saturated heterocycles. The standard InChI is InChI=1S/C14H17NO2/c16-8-9-1-3-13(4-2-9)15-14(17)12-6-10-5-11(10)7-12/h1-4,10-12,16H,5-8H2,(H,15,17). The van der Waals surface area contributed by atoms with E-state index in [2.05, 4.69) is 5.32 Å². The highest BCUT2D eigenvalue weighted by molar-refractivity contribution is 5.92. The SMILES string of the molecule is O=C(Nc1ccc(CO)cc1)C1CC2CC2C1. The third kappa shape index (κ3) is 2.20. The van der Waals surface area contributed by atoms with Gasteiger partial charge in [0.1, 0.15) is 0 Å². The second-order valence-corrected chi connectivity index (χ2v) is 5.27. The smallest absolute Gasteiger partial charge is 0.227 e. The topological polar surface area (TPSA) is 49.3 Å². The van der Waals surface area contributed by atoms with E-state index < -0.39 is 0 Å². The van der Waals surface area contributed by atoms with Gasteiger partial charge in [-0.2, -0.15) is 0 Å². The summed E-state index contributed by atoms with van der Waals surface area (Å²) in [7, 11) is 0. The van der Waals surface area contributed by atoms with Crippen LogP contribution in [0.15, 0.2) is 24.3 Å². The summed E-state index contributed by atoms with van der Waals surface area (Å²) < 4.78 is 0. The first-order valence-electron chi connectivity index (χ1n) is 6.27. The lowest BCUT2D eigenvalue weighted by Gasteiger charge is -2.12.